The fourth-order valence-electron chi connectivity index (χ4n) is 1.68. The molecule has 7 heteroatoms. The SMILES string of the molecule is Cn1ccc(C(NN)c2cc(F)c(F)c(F)c2)n1. The van der Waals surface area contributed by atoms with E-state index in [1.807, 2.05) is 0 Å². The fourth-order valence-corrected chi connectivity index (χ4v) is 1.68. The Morgan fingerprint density at radius 2 is 1.89 bits per heavy atom. The van der Waals surface area contributed by atoms with Crippen molar-refractivity contribution in [2.75, 3.05) is 0 Å². The Labute approximate surface area is 101 Å². The van der Waals surface area contributed by atoms with Gasteiger partial charge in [0.2, 0.25) is 0 Å². The summed E-state index contributed by atoms with van der Waals surface area (Å²) in [6, 6.07) is 2.70. The Hall–Kier alpha value is -1.86. The number of hydrogen-bond donors (Lipinski definition) is 2. The first-order valence-electron chi connectivity index (χ1n) is 5.13. The molecule has 2 aromatic rings. The Kier molecular flexibility index (Phi) is 3.35. The molecule has 1 atom stereocenters. The van der Waals surface area contributed by atoms with E-state index in [-0.39, 0.29) is 5.56 Å². The van der Waals surface area contributed by atoms with E-state index in [2.05, 4.69) is 10.5 Å². The normalized spacial score (nSPS) is 12.7. The van der Waals surface area contributed by atoms with Gasteiger partial charge in [-0.25, -0.2) is 18.6 Å². The van der Waals surface area contributed by atoms with Crippen LogP contribution in [0.25, 0.3) is 0 Å². The number of aromatic nitrogens is 2. The zero-order valence-electron chi connectivity index (χ0n) is 9.49. The van der Waals surface area contributed by atoms with Gasteiger partial charge in [-0.1, -0.05) is 0 Å². The molecule has 0 aliphatic heterocycles. The minimum atomic E-state index is -1.50. The van der Waals surface area contributed by atoms with E-state index in [9.17, 15) is 13.2 Å². The lowest BCUT2D eigenvalue weighted by atomic mass is 10.0. The first kappa shape index (κ1) is 12.6. The molecule has 0 bridgehead atoms. The maximum absolute atomic E-state index is 13.1. The highest BCUT2D eigenvalue weighted by Crippen LogP contribution is 2.23. The van der Waals surface area contributed by atoms with Crippen LogP contribution in [0.15, 0.2) is 24.4 Å². The number of aryl methyl sites for hydroxylation is 1. The van der Waals surface area contributed by atoms with Gasteiger partial charge in [0.05, 0.1) is 11.7 Å². The summed E-state index contributed by atoms with van der Waals surface area (Å²) >= 11 is 0. The van der Waals surface area contributed by atoms with Gasteiger partial charge in [0.1, 0.15) is 0 Å². The molecule has 0 amide bonds. The molecule has 18 heavy (non-hydrogen) atoms. The van der Waals surface area contributed by atoms with Gasteiger partial charge in [0.25, 0.3) is 0 Å². The molecule has 4 nitrogen and oxygen atoms in total. The average Bonchev–Trinajstić information content (AvgIpc) is 2.73. The number of rotatable bonds is 3. The molecule has 1 aromatic carbocycles. The molecule has 1 aromatic heterocycles. The minimum absolute atomic E-state index is 0.160. The third kappa shape index (κ3) is 2.22. The van der Waals surface area contributed by atoms with Crippen molar-refractivity contribution in [3.8, 4) is 0 Å². The second-order valence-electron chi connectivity index (χ2n) is 3.81. The van der Waals surface area contributed by atoms with Gasteiger partial charge in [0.15, 0.2) is 17.5 Å². The molecule has 0 aliphatic carbocycles. The molecule has 3 N–H and O–H groups in total. The monoisotopic (exact) mass is 256 g/mol. The number of benzene rings is 1. The molecule has 0 aliphatic rings. The molecule has 0 spiro atoms. The lowest BCUT2D eigenvalue weighted by Gasteiger charge is -2.14. The van der Waals surface area contributed by atoms with Crippen molar-refractivity contribution in [1.29, 1.82) is 0 Å². The molecule has 0 fully saturated rings. The lowest BCUT2D eigenvalue weighted by molar-refractivity contribution is 0.442. The molecular weight excluding hydrogens is 245 g/mol. The smallest absolute Gasteiger partial charge is 0.194 e. The number of nitrogens with two attached hydrogens (primary N) is 1. The quantitative estimate of drug-likeness (QED) is 0.495. The van der Waals surface area contributed by atoms with Crippen molar-refractivity contribution in [1.82, 2.24) is 15.2 Å². The van der Waals surface area contributed by atoms with Crippen LogP contribution in [0.3, 0.4) is 0 Å². The number of nitrogens with zero attached hydrogens (tertiary/aromatic N) is 2. The first-order chi connectivity index (χ1) is 8.52. The van der Waals surface area contributed by atoms with Crippen LogP contribution in [0.2, 0.25) is 0 Å². The molecule has 0 saturated heterocycles. The van der Waals surface area contributed by atoms with Gasteiger partial charge in [0, 0.05) is 13.2 Å². The minimum Gasteiger partial charge on any atom is -0.275 e. The van der Waals surface area contributed by atoms with Crippen LogP contribution < -0.4 is 11.3 Å². The van der Waals surface area contributed by atoms with Crippen LogP contribution in [0.4, 0.5) is 13.2 Å². The zero-order valence-corrected chi connectivity index (χ0v) is 9.49. The Bertz CT molecular complexity index is 544. The van der Waals surface area contributed by atoms with Crippen LogP contribution >= 0.6 is 0 Å². The summed E-state index contributed by atoms with van der Waals surface area (Å²) in [5, 5.41) is 4.08. The second kappa shape index (κ2) is 4.79. The zero-order chi connectivity index (χ0) is 13.3. The van der Waals surface area contributed by atoms with Crippen LogP contribution in [-0.4, -0.2) is 9.78 Å². The van der Waals surface area contributed by atoms with Gasteiger partial charge >= 0.3 is 0 Å². The van der Waals surface area contributed by atoms with Crippen LogP contribution in [0, 0.1) is 17.5 Å². The standard InChI is InChI=1S/C11H11F3N4/c1-18-3-2-9(17-18)11(16-15)6-4-7(12)10(14)8(13)5-6/h2-5,11,16H,15H2,1H3. The van der Waals surface area contributed by atoms with Crippen LogP contribution in [0.5, 0.6) is 0 Å². The van der Waals surface area contributed by atoms with Crippen molar-refractivity contribution in [2.24, 2.45) is 12.9 Å². The largest absolute Gasteiger partial charge is 0.275 e. The number of hydrogen-bond acceptors (Lipinski definition) is 3. The molecule has 0 saturated carbocycles. The van der Waals surface area contributed by atoms with Gasteiger partial charge < -0.3 is 0 Å². The van der Waals surface area contributed by atoms with Crippen LogP contribution in [-0.2, 0) is 7.05 Å². The number of hydrazine groups is 1. The highest BCUT2D eigenvalue weighted by molar-refractivity contribution is 5.28. The Morgan fingerprint density at radius 1 is 1.28 bits per heavy atom. The van der Waals surface area contributed by atoms with Gasteiger partial charge in [-0.15, -0.1) is 0 Å². The highest BCUT2D eigenvalue weighted by atomic mass is 19.2. The highest BCUT2D eigenvalue weighted by Gasteiger charge is 2.19. The second-order valence-corrected chi connectivity index (χ2v) is 3.81. The third-order valence-corrected chi connectivity index (χ3v) is 2.54. The van der Waals surface area contributed by atoms with E-state index in [0.717, 1.165) is 12.1 Å². The van der Waals surface area contributed by atoms with E-state index in [1.165, 1.54) is 4.68 Å². The van der Waals surface area contributed by atoms with Crippen molar-refractivity contribution >= 4 is 0 Å². The summed E-state index contributed by atoms with van der Waals surface area (Å²) in [5.74, 6) is 1.32. The molecule has 1 unspecified atom stereocenters. The maximum atomic E-state index is 13.1. The average molecular weight is 256 g/mol. The van der Waals surface area contributed by atoms with E-state index in [1.54, 1.807) is 19.3 Å². The third-order valence-electron chi connectivity index (χ3n) is 2.54. The predicted molar refractivity (Wildman–Crippen MR) is 58.7 cm³/mol. The molecule has 2 rings (SSSR count). The summed E-state index contributed by atoms with van der Waals surface area (Å²) in [7, 11) is 1.70. The fraction of sp³-hybridized carbons (Fsp3) is 0.182. The van der Waals surface area contributed by atoms with E-state index in [0.29, 0.717) is 5.69 Å². The van der Waals surface area contributed by atoms with Gasteiger partial charge in [-0.05, 0) is 23.8 Å². The predicted octanol–water partition coefficient (Wildman–Crippen LogP) is 1.39. The molecule has 1 heterocycles. The van der Waals surface area contributed by atoms with E-state index < -0.39 is 23.5 Å². The van der Waals surface area contributed by atoms with E-state index >= 15 is 0 Å². The van der Waals surface area contributed by atoms with Gasteiger partial charge in [-0.3, -0.25) is 10.5 Å². The summed E-state index contributed by atoms with van der Waals surface area (Å²) in [6.45, 7) is 0. The van der Waals surface area contributed by atoms with Crippen molar-refractivity contribution < 1.29 is 13.2 Å². The van der Waals surface area contributed by atoms with E-state index in [4.69, 9.17) is 5.84 Å². The number of halogens is 3. The van der Waals surface area contributed by atoms with Gasteiger partial charge in [-0.2, -0.15) is 5.10 Å². The first-order valence-corrected chi connectivity index (χ1v) is 5.13. The maximum Gasteiger partial charge on any atom is 0.194 e. The lowest BCUT2D eigenvalue weighted by Crippen LogP contribution is -2.29. The summed E-state index contributed by atoms with van der Waals surface area (Å²) < 4.78 is 40.7. The topological polar surface area (TPSA) is 55.9 Å². The summed E-state index contributed by atoms with van der Waals surface area (Å²) in [4.78, 5) is 0. The van der Waals surface area contributed by atoms with Crippen molar-refractivity contribution in [3.05, 3.63) is 53.1 Å². The Morgan fingerprint density at radius 3 is 2.33 bits per heavy atom. The van der Waals surface area contributed by atoms with Crippen LogP contribution in [0.1, 0.15) is 17.3 Å². The molecule has 96 valence electrons. The Balaban J connectivity index is 2.45. The summed E-state index contributed by atoms with van der Waals surface area (Å²) in [5.41, 5.74) is 3.03. The molecule has 0 radical (unpaired) electrons. The summed E-state index contributed by atoms with van der Waals surface area (Å²) in [6.07, 6.45) is 1.66. The number of nitrogens with one attached hydrogen (secondary N) is 1. The molecular formula is C11H11F3N4. The van der Waals surface area contributed by atoms with Crippen molar-refractivity contribution in [2.45, 2.75) is 6.04 Å². The van der Waals surface area contributed by atoms with Crippen molar-refractivity contribution in [3.63, 3.8) is 0 Å².